The lowest BCUT2D eigenvalue weighted by Gasteiger charge is -2.07. The highest BCUT2D eigenvalue weighted by Gasteiger charge is 2.22. The van der Waals surface area contributed by atoms with Crippen LogP contribution in [0.2, 0.25) is 0 Å². The van der Waals surface area contributed by atoms with Gasteiger partial charge in [-0.15, -0.1) is 0 Å². The zero-order valence-electron chi connectivity index (χ0n) is 12.1. The van der Waals surface area contributed by atoms with Crippen molar-refractivity contribution in [2.75, 3.05) is 24.3 Å². The summed E-state index contributed by atoms with van der Waals surface area (Å²) in [6.07, 6.45) is 6.31. The van der Waals surface area contributed by atoms with E-state index in [2.05, 4.69) is 11.6 Å². The molecule has 1 aromatic carbocycles. The summed E-state index contributed by atoms with van der Waals surface area (Å²) in [5, 5.41) is 13.7. The van der Waals surface area contributed by atoms with Crippen molar-refractivity contribution in [2.45, 2.75) is 25.7 Å². The smallest absolute Gasteiger partial charge is 0.304 e. The summed E-state index contributed by atoms with van der Waals surface area (Å²) in [7, 11) is 0. The number of nitrogens with one attached hydrogen (secondary N) is 1. The summed E-state index contributed by atoms with van der Waals surface area (Å²) in [6, 6.07) is 4.38. The van der Waals surface area contributed by atoms with Gasteiger partial charge in [-0.2, -0.15) is 11.8 Å². The number of hydrogen-bond donors (Lipinski definition) is 2. The number of amides is 1. The number of unbranched alkanes of at least 4 members (excludes halogenated alkanes) is 3. The van der Waals surface area contributed by atoms with Crippen molar-refractivity contribution in [3.63, 3.8) is 0 Å². The van der Waals surface area contributed by atoms with Gasteiger partial charge >= 0.3 is 5.69 Å². The topological polar surface area (TPSA) is 98.3 Å². The molecular formula is C14H21N3O3S. The van der Waals surface area contributed by atoms with Crippen LogP contribution in [0.3, 0.4) is 0 Å². The second-order valence-corrected chi connectivity index (χ2v) is 5.65. The molecule has 0 heterocycles. The highest BCUT2D eigenvalue weighted by atomic mass is 32.2. The highest BCUT2D eigenvalue weighted by Crippen LogP contribution is 2.25. The van der Waals surface area contributed by atoms with E-state index in [4.69, 9.17) is 5.73 Å². The minimum absolute atomic E-state index is 0.00437. The number of nitrogen functional groups attached to an aromatic ring is 1. The maximum atomic E-state index is 12.0. The van der Waals surface area contributed by atoms with Gasteiger partial charge in [0.1, 0.15) is 11.3 Å². The number of anilines is 1. The van der Waals surface area contributed by atoms with Gasteiger partial charge in [-0.25, -0.2) is 0 Å². The number of rotatable bonds is 9. The molecule has 1 amide bonds. The lowest BCUT2D eigenvalue weighted by molar-refractivity contribution is -0.384. The Hall–Kier alpha value is -1.76. The summed E-state index contributed by atoms with van der Waals surface area (Å²) < 4.78 is 0. The van der Waals surface area contributed by atoms with Crippen molar-refractivity contribution in [3.05, 3.63) is 33.9 Å². The van der Waals surface area contributed by atoms with Gasteiger partial charge in [0.15, 0.2) is 0 Å². The minimum Gasteiger partial charge on any atom is -0.393 e. The molecule has 116 valence electrons. The minimum atomic E-state index is -0.618. The lowest BCUT2D eigenvalue weighted by Crippen LogP contribution is -2.25. The fourth-order valence-corrected chi connectivity index (χ4v) is 2.46. The van der Waals surface area contributed by atoms with Gasteiger partial charge in [0, 0.05) is 6.54 Å². The SMILES string of the molecule is CSCCCCCCNC(=O)c1cccc(N)c1[N+](=O)[O-]. The van der Waals surface area contributed by atoms with Gasteiger partial charge in [0.05, 0.1) is 4.92 Å². The Morgan fingerprint density at radius 2 is 2.05 bits per heavy atom. The Morgan fingerprint density at radius 3 is 2.71 bits per heavy atom. The fourth-order valence-electron chi connectivity index (χ4n) is 1.97. The van der Waals surface area contributed by atoms with Crippen LogP contribution >= 0.6 is 11.8 Å². The molecule has 0 radical (unpaired) electrons. The number of nitro groups is 1. The molecule has 0 atom stereocenters. The molecule has 0 aliphatic rings. The standard InChI is InChI=1S/C14H21N3O3S/c1-21-10-5-3-2-4-9-16-14(18)11-7-6-8-12(15)13(11)17(19)20/h6-8H,2-5,9-10,15H2,1H3,(H,16,18). The summed E-state index contributed by atoms with van der Waals surface area (Å²) >= 11 is 1.83. The van der Waals surface area contributed by atoms with E-state index in [0.717, 1.165) is 25.0 Å². The number of para-hydroxylation sites is 1. The van der Waals surface area contributed by atoms with E-state index < -0.39 is 10.8 Å². The second-order valence-electron chi connectivity index (χ2n) is 4.66. The van der Waals surface area contributed by atoms with Crippen LogP contribution in [-0.4, -0.2) is 29.4 Å². The molecule has 0 aromatic heterocycles. The van der Waals surface area contributed by atoms with Crippen LogP contribution in [0.1, 0.15) is 36.0 Å². The Kier molecular flexibility index (Phi) is 7.60. The van der Waals surface area contributed by atoms with E-state index in [1.165, 1.54) is 18.6 Å². The Bertz CT molecular complexity index is 494. The molecule has 0 spiro atoms. The molecule has 7 heteroatoms. The van der Waals surface area contributed by atoms with E-state index in [-0.39, 0.29) is 16.9 Å². The zero-order valence-corrected chi connectivity index (χ0v) is 12.9. The van der Waals surface area contributed by atoms with Gasteiger partial charge < -0.3 is 11.1 Å². The Balaban J connectivity index is 2.46. The Labute approximate surface area is 128 Å². The van der Waals surface area contributed by atoms with Gasteiger partial charge in [0.25, 0.3) is 5.91 Å². The number of nitrogens with zero attached hydrogens (tertiary/aromatic N) is 1. The van der Waals surface area contributed by atoms with E-state index in [9.17, 15) is 14.9 Å². The first-order valence-electron chi connectivity index (χ1n) is 6.88. The third-order valence-corrected chi connectivity index (χ3v) is 3.75. The number of nitro benzene ring substituents is 1. The van der Waals surface area contributed by atoms with Gasteiger partial charge in [0.2, 0.25) is 0 Å². The highest BCUT2D eigenvalue weighted by molar-refractivity contribution is 7.98. The molecule has 0 unspecified atom stereocenters. The first-order valence-corrected chi connectivity index (χ1v) is 8.27. The molecule has 0 fully saturated rings. The van der Waals surface area contributed by atoms with Crippen LogP contribution in [0, 0.1) is 10.1 Å². The van der Waals surface area contributed by atoms with E-state index in [0.29, 0.717) is 6.54 Å². The van der Waals surface area contributed by atoms with Crippen molar-refractivity contribution in [1.29, 1.82) is 0 Å². The summed E-state index contributed by atoms with van der Waals surface area (Å²) in [5.41, 5.74) is 5.26. The molecule has 1 aromatic rings. The average molecular weight is 311 g/mol. The maximum absolute atomic E-state index is 12.0. The van der Waals surface area contributed by atoms with E-state index in [1.54, 1.807) is 6.07 Å². The normalized spacial score (nSPS) is 10.3. The molecule has 6 nitrogen and oxygen atoms in total. The Morgan fingerprint density at radius 1 is 1.33 bits per heavy atom. The van der Waals surface area contributed by atoms with Crippen LogP contribution in [-0.2, 0) is 0 Å². The zero-order chi connectivity index (χ0) is 15.7. The predicted molar refractivity (Wildman–Crippen MR) is 86.7 cm³/mol. The van der Waals surface area contributed by atoms with Crippen LogP contribution < -0.4 is 11.1 Å². The van der Waals surface area contributed by atoms with Crippen molar-refractivity contribution in [3.8, 4) is 0 Å². The van der Waals surface area contributed by atoms with E-state index in [1.807, 2.05) is 11.8 Å². The van der Waals surface area contributed by atoms with Crippen molar-refractivity contribution < 1.29 is 9.72 Å². The average Bonchev–Trinajstić information content (AvgIpc) is 2.45. The molecule has 0 bridgehead atoms. The molecule has 0 saturated carbocycles. The molecule has 0 aliphatic carbocycles. The maximum Gasteiger partial charge on any atom is 0.304 e. The largest absolute Gasteiger partial charge is 0.393 e. The van der Waals surface area contributed by atoms with Gasteiger partial charge in [-0.1, -0.05) is 18.9 Å². The monoisotopic (exact) mass is 311 g/mol. The molecule has 0 aliphatic heterocycles. The molecule has 1 rings (SSSR count). The summed E-state index contributed by atoms with van der Waals surface area (Å²) in [5.74, 6) is 0.708. The van der Waals surface area contributed by atoms with Crippen LogP contribution in [0.5, 0.6) is 0 Å². The molecule has 3 N–H and O–H groups in total. The molecule has 0 saturated heterocycles. The number of hydrogen-bond acceptors (Lipinski definition) is 5. The fraction of sp³-hybridized carbons (Fsp3) is 0.500. The number of thioether (sulfide) groups is 1. The van der Waals surface area contributed by atoms with Gasteiger partial charge in [-0.3, -0.25) is 14.9 Å². The lowest BCUT2D eigenvalue weighted by atomic mass is 10.1. The van der Waals surface area contributed by atoms with Crippen molar-refractivity contribution >= 4 is 29.0 Å². The van der Waals surface area contributed by atoms with Crippen LogP contribution in [0.25, 0.3) is 0 Å². The third-order valence-electron chi connectivity index (χ3n) is 3.06. The summed E-state index contributed by atoms with van der Waals surface area (Å²) in [4.78, 5) is 22.3. The quantitative estimate of drug-likeness (QED) is 0.316. The number of benzene rings is 1. The van der Waals surface area contributed by atoms with Crippen molar-refractivity contribution in [1.82, 2.24) is 5.32 Å². The first kappa shape index (κ1) is 17.3. The van der Waals surface area contributed by atoms with Gasteiger partial charge in [-0.05, 0) is 37.0 Å². The first-order chi connectivity index (χ1) is 10.1. The number of nitrogens with two attached hydrogens (primary N) is 1. The molecular weight excluding hydrogens is 290 g/mol. The van der Waals surface area contributed by atoms with E-state index >= 15 is 0 Å². The van der Waals surface area contributed by atoms with Crippen LogP contribution in [0.4, 0.5) is 11.4 Å². The summed E-state index contributed by atoms with van der Waals surface area (Å²) in [6.45, 7) is 0.518. The number of carbonyl (C=O) groups excluding carboxylic acids is 1. The second kappa shape index (κ2) is 9.23. The number of carbonyl (C=O) groups is 1. The third kappa shape index (κ3) is 5.63. The van der Waals surface area contributed by atoms with Crippen molar-refractivity contribution in [2.24, 2.45) is 0 Å². The van der Waals surface area contributed by atoms with Crippen LogP contribution in [0.15, 0.2) is 18.2 Å². The molecule has 21 heavy (non-hydrogen) atoms. The predicted octanol–water partition coefficient (Wildman–Crippen LogP) is 2.83.